The van der Waals surface area contributed by atoms with E-state index < -0.39 is 6.17 Å². The second-order valence-corrected chi connectivity index (χ2v) is 10.8. The summed E-state index contributed by atoms with van der Waals surface area (Å²) in [6.07, 6.45) is 2.09. The maximum Gasteiger partial charge on any atom is 0.308 e. The second kappa shape index (κ2) is 12.7. The minimum Gasteiger partial charge on any atom is -0.495 e. The summed E-state index contributed by atoms with van der Waals surface area (Å²) in [4.78, 5) is 42.6. The van der Waals surface area contributed by atoms with Gasteiger partial charge in [0.1, 0.15) is 17.6 Å². The number of hydrogen-bond donors (Lipinski definition) is 2. The number of carbonyl (C=O) groups is 3. The Kier molecular flexibility index (Phi) is 8.87. The number of aromatic nitrogens is 1. The summed E-state index contributed by atoms with van der Waals surface area (Å²) < 4.78 is 30.8. The molecule has 0 spiro atoms. The number of benzene rings is 2. The number of methoxy groups -OCH3 is 2. The molecule has 2 N–H and O–H groups in total. The number of likely N-dealkylation sites (tertiary alicyclic amines) is 1. The lowest BCUT2D eigenvalue weighted by atomic mass is 9.87. The van der Waals surface area contributed by atoms with Crippen LogP contribution in [0.15, 0.2) is 48.5 Å². The first-order valence-corrected chi connectivity index (χ1v) is 14.0. The normalized spacial score (nSPS) is 22.5. The lowest BCUT2D eigenvalue weighted by Crippen LogP contribution is -2.40. The van der Waals surface area contributed by atoms with Gasteiger partial charge in [-0.2, -0.15) is 0 Å². The molecule has 5 rings (SSSR count). The number of H-pyrrole nitrogens is 1. The first-order chi connectivity index (χ1) is 19.8. The van der Waals surface area contributed by atoms with Crippen molar-refractivity contribution >= 4 is 34.4 Å². The highest BCUT2D eigenvalue weighted by Crippen LogP contribution is 2.30. The van der Waals surface area contributed by atoms with Crippen LogP contribution in [0.4, 0.5) is 10.1 Å². The number of rotatable bonds is 9. The van der Waals surface area contributed by atoms with Crippen LogP contribution in [-0.4, -0.2) is 73.4 Å². The van der Waals surface area contributed by atoms with E-state index in [4.69, 9.17) is 14.2 Å². The minimum atomic E-state index is -1.10. The first kappa shape index (κ1) is 28.6. The molecule has 0 bridgehead atoms. The van der Waals surface area contributed by atoms with Crippen LogP contribution in [0, 0.1) is 5.92 Å². The predicted octanol–water partition coefficient (Wildman–Crippen LogP) is 4.66. The zero-order valence-electron chi connectivity index (χ0n) is 23.4. The predicted molar refractivity (Wildman–Crippen MR) is 152 cm³/mol. The Hall–Kier alpha value is -3.92. The average Bonchev–Trinajstić information content (AvgIpc) is 3.60. The number of halogens is 1. The number of amides is 2. The van der Waals surface area contributed by atoms with E-state index in [1.165, 1.54) is 14.2 Å². The Morgan fingerprint density at radius 3 is 2.56 bits per heavy atom. The molecule has 218 valence electrons. The molecular formula is C31H36FN3O6. The number of anilines is 1. The number of fused-ring (bicyclic) bond motifs is 1. The zero-order chi connectivity index (χ0) is 28.9. The van der Waals surface area contributed by atoms with Crippen LogP contribution in [0.1, 0.15) is 48.2 Å². The number of nitrogens with zero attached hydrogens (tertiary/aromatic N) is 1. The summed E-state index contributed by atoms with van der Waals surface area (Å²) in [5.74, 6) is -0.351. The molecule has 0 unspecified atom stereocenters. The molecule has 1 saturated carbocycles. The quantitative estimate of drug-likeness (QED) is 0.366. The Morgan fingerprint density at radius 2 is 1.83 bits per heavy atom. The molecule has 2 fully saturated rings. The molecule has 2 amide bonds. The summed E-state index contributed by atoms with van der Waals surface area (Å²) in [6.45, 7) is 0.305. The number of alkyl halides is 1. The van der Waals surface area contributed by atoms with Gasteiger partial charge in [-0.05, 0) is 55.5 Å². The summed E-state index contributed by atoms with van der Waals surface area (Å²) in [5.41, 5.74) is 2.46. The third kappa shape index (κ3) is 6.70. The molecule has 1 aromatic heterocycles. The van der Waals surface area contributed by atoms with Crippen molar-refractivity contribution < 1.29 is 33.0 Å². The van der Waals surface area contributed by atoms with Crippen molar-refractivity contribution in [3.05, 3.63) is 59.8 Å². The molecule has 10 heteroatoms. The van der Waals surface area contributed by atoms with Gasteiger partial charge in [0.2, 0.25) is 5.91 Å². The van der Waals surface area contributed by atoms with Crippen molar-refractivity contribution in [2.45, 2.75) is 56.8 Å². The molecule has 3 aromatic rings. The lowest BCUT2D eigenvalue weighted by Gasteiger charge is -2.30. The van der Waals surface area contributed by atoms with E-state index in [1.807, 2.05) is 24.3 Å². The van der Waals surface area contributed by atoms with Gasteiger partial charge >= 0.3 is 5.97 Å². The van der Waals surface area contributed by atoms with Crippen LogP contribution < -0.4 is 10.1 Å². The number of nitrogens with one attached hydrogen (secondary N) is 2. The van der Waals surface area contributed by atoms with Gasteiger partial charge in [0.25, 0.3) is 5.91 Å². The molecular weight excluding hydrogens is 529 g/mol. The number of esters is 1. The highest BCUT2D eigenvalue weighted by atomic mass is 19.1. The number of hydrogen-bond acceptors (Lipinski definition) is 6. The summed E-state index contributed by atoms with van der Waals surface area (Å²) in [7, 11) is 2.90. The fraction of sp³-hybridized carbons (Fsp3) is 0.452. The highest BCUT2D eigenvalue weighted by molar-refractivity contribution is 6.06. The molecule has 1 saturated heterocycles. The van der Waals surface area contributed by atoms with E-state index in [-0.39, 0.29) is 61.8 Å². The molecule has 1 aliphatic carbocycles. The van der Waals surface area contributed by atoms with Gasteiger partial charge in [0, 0.05) is 17.3 Å². The van der Waals surface area contributed by atoms with E-state index in [0.29, 0.717) is 35.5 Å². The molecule has 2 aromatic carbocycles. The van der Waals surface area contributed by atoms with Crippen LogP contribution in [0.2, 0.25) is 0 Å². The molecule has 41 heavy (non-hydrogen) atoms. The van der Waals surface area contributed by atoms with Crippen LogP contribution in [0.3, 0.4) is 0 Å². The van der Waals surface area contributed by atoms with Gasteiger partial charge in [-0.3, -0.25) is 14.4 Å². The maximum atomic E-state index is 14.4. The fourth-order valence-electron chi connectivity index (χ4n) is 5.81. The Morgan fingerprint density at radius 1 is 1.05 bits per heavy atom. The highest BCUT2D eigenvalue weighted by Gasteiger charge is 2.36. The largest absolute Gasteiger partial charge is 0.495 e. The Bertz CT molecular complexity index is 1370. The zero-order valence-corrected chi connectivity index (χ0v) is 23.4. The number of ether oxygens (including phenoxy) is 3. The number of carbonyl (C=O) groups excluding carboxylic acids is 3. The summed E-state index contributed by atoms with van der Waals surface area (Å²) >= 11 is 0. The van der Waals surface area contributed by atoms with Crippen molar-refractivity contribution in [2.75, 3.05) is 32.7 Å². The van der Waals surface area contributed by atoms with Crippen LogP contribution in [-0.2, 0) is 25.5 Å². The third-order valence-corrected chi connectivity index (χ3v) is 8.06. The molecule has 2 atom stereocenters. The van der Waals surface area contributed by atoms with Gasteiger partial charge in [-0.25, -0.2) is 4.39 Å². The van der Waals surface area contributed by atoms with E-state index >= 15 is 0 Å². The van der Waals surface area contributed by atoms with E-state index in [9.17, 15) is 18.8 Å². The smallest absolute Gasteiger partial charge is 0.308 e. The van der Waals surface area contributed by atoms with E-state index in [2.05, 4.69) is 10.3 Å². The molecule has 0 radical (unpaired) electrons. The van der Waals surface area contributed by atoms with E-state index in [0.717, 1.165) is 23.7 Å². The topological polar surface area (TPSA) is 110 Å². The average molecular weight is 566 g/mol. The first-order valence-electron chi connectivity index (χ1n) is 14.0. The SMILES string of the molecule is COC(=O)C1CCC(OC[C@@H]2C[C@H](F)CN2C(=O)Cc2ccc(NC(=O)c3cc4ccccc4[nH]3)c(OC)c2)CC1. The number of aromatic amines is 1. The lowest BCUT2D eigenvalue weighted by molar-refractivity contribution is -0.148. The van der Waals surface area contributed by atoms with Gasteiger partial charge in [0.15, 0.2) is 0 Å². The fourth-order valence-corrected chi connectivity index (χ4v) is 5.81. The third-order valence-electron chi connectivity index (χ3n) is 8.06. The van der Waals surface area contributed by atoms with Gasteiger partial charge in [0.05, 0.1) is 57.5 Å². The van der Waals surface area contributed by atoms with Crippen molar-refractivity contribution in [1.29, 1.82) is 0 Å². The van der Waals surface area contributed by atoms with Crippen molar-refractivity contribution in [2.24, 2.45) is 5.92 Å². The van der Waals surface area contributed by atoms with Crippen molar-refractivity contribution in [3.63, 3.8) is 0 Å². The molecule has 2 heterocycles. The molecule has 1 aliphatic heterocycles. The summed E-state index contributed by atoms with van der Waals surface area (Å²) in [5, 5.41) is 3.80. The summed E-state index contributed by atoms with van der Waals surface area (Å²) in [6, 6.07) is 14.3. The number of para-hydroxylation sites is 1. The Labute approximate surface area is 238 Å². The van der Waals surface area contributed by atoms with Crippen LogP contribution in [0.25, 0.3) is 10.9 Å². The van der Waals surface area contributed by atoms with Gasteiger partial charge in [-0.15, -0.1) is 0 Å². The van der Waals surface area contributed by atoms with Crippen molar-refractivity contribution in [3.8, 4) is 5.75 Å². The minimum absolute atomic E-state index is 0.0112. The maximum absolute atomic E-state index is 14.4. The van der Waals surface area contributed by atoms with Gasteiger partial charge in [-0.1, -0.05) is 24.3 Å². The molecule has 2 aliphatic rings. The Balaban J connectivity index is 1.17. The van der Waals surface area contributed by atoms with Crippen LogP contribution in [0.5, 0.6) is 5.75 Å². The van der Waals surface area contributed by atoms with Crippen LogP contribution >= 0.6 is 0 Å². The molecule has 9 nitrogen and oxygen atoms in total. The monoisotopic (exact) mass is 565 g/mol. The van der Waals surface area contributed by atoms with E-state index in [1.54, 1.807) is 29.2 Å². The second-order valence-electron chi connectivity index (χ2n) is 10.8. The standard InChI is InChI=1S/C31H36FN3O6/c1-39-28-13-19(7-12-26(28)34-30(37)27-15-21-5-3-4-6-25(21)33-27)14-29(36)35-17-22(32)16-23(35)18-41-24-10-8-20(9-11-24)31(38)40-2/h3-7,12-13,15,20,22-24,33H,8-11,14,16-18H2,1-2H3,(H,34,37)/t20?,22-,23-,24?/m0/s1. The van der Waals surface area contributed by atoms with Crippen molar-refractivity contribution in [1.82, 2.24) is 9.88 Å². The van der Waals surface area contributed by atoms with Gasteiger partial charge < -0.3 is 29.4 Å².